The van der Waals surface area contributed by atoms with E-state index in [2.05, 4.69) is 6.92 Å². The average Bonchev–Trinajstić information content (AvgIpc) is 3.63. The summed E-state index contributed by atoms with van der Waals surface area (Å²) in [6, 6.07) is 0. The van der Waals surface area contributed by atoms with Gasteiger partial charge in [0.25, 0.3) is 0 Å². The fourth-order valence-corrected chi connectivity index (χ4v) is 6.74. The third kappa shape index (κ3) is 17.6. The molecule has 1 fully saturated rings. The number of carbonyl (C=O) groups is 1. The first-order valence-electron chi connectivity index (χ1n) is 18.7. The van der Waals surface area contributed by atoms with Crippen LogP contribution >= 0.6 is 0 Å². The van der Waals surface area contributed by atoms with Gasteiger partial charge in [-0.15, -0.1) is 0 Å². The summed E-state index contributed by atoms with van der Waals surface area (Å²) >= 11 is 0. The summed E-state index contributed by atoms with van der Waals surface area (Å²) in [4.78, 5) is 11.6. The first-order chi connectivity index (χ1) is 21.7. The molecule has 8 heteroatoms. The molecule has 2 rings (SSSR count). The highest BCUT2D eigenvalue weighted by Crippen LogP contribution is 2.28. The van der Waals surface area contributed by atoms with Gasteiger partial charge in [0.1, 0.15) is 6.10 Å². The second-order valence-electron chi connectivity index (χ2n) is 13.9. The van der Waals surface area contributed by atoms with Crippen molar-refractivity contribution in [2.45, 2.75) is 217 Å². The normalized spacial score (nSPS) is 23.5. The summed E-state index contributed by atoms with van der Waals surface area (Å²) in [6.45, 7) is 4.11. The van der Waals surface area contributed by atoms with E-state index in [9.17, 15) is 30.3 Å². The molecule has 0 aromatic heterocycles. The van der Waals surface area contributed by atoms with Crippen molar-refractivity contribution in [3.05, 3.63) is 11.6 Å². The van der Waals surface area contributed by atoms with E-state index in [4.69, 9.17) is 9.47 Å². The van der Waals surface area contributed by atoms with Gasteiger partial charge in [-0.3, -0.25) is 0 Å². The number of hydrogen-bond donors (Lipinski definition) is 5. The summed E-state index contributed by atoms with van der Waals surface area (Å²) in [7, 11) is 0. The monoisotopic (exact) mass is 640 g/mol. The number of unbranched alkanes of at least 4 members (excludes halogenated alkanes) is 13. The second-order valence-corrected chi connectivity index (χ2v) is 13.9. The van der Waals surface area contributed by atoms with E-state index in [1.807, 2.05) is 13.0 Å². The fraction of sp³-hybridized carbons (Fsp3) is 0.919. The second kappa shape index (κ2) is 24.2. The molecule has 0 spiro atoms. The maximum Gasteiger partial charge on any atom is 0.334 e. The predicted octanol–water partition coefficient (Wildman–Crippen LogP) is 6.81. The Morgan fingerprint density at radius 3 is 1.76 bits per heavy atom. The molecule has 264 valence electrons. The van der Waals surface area contributed by atoms with Crippen LogP contribution in [0.3, 0.4) is 0 Å². The van der Waals surface area contributed by atoms with Crippen molar-refractivity contribution >= 4 is 5.97 Å². The zero-order valence-corrected chi connectivity index (χ0v) is 28.6. The maximum atomic E-state index is 11.6. The minimum Gasteiger partial charge on any atom is -0.455 e. The van der Waals surface area contributed by atoms with Crippen molar-refractivity contribution in [1.82, 2.24) is 0 Å². The Morgan fingerprint density at radius 1 is 0.667 bits per heavy atom. The van der Waals surface area contributed by atoms with E-state index in [1.54, 1.807) is 0 Å². The first kappa shape index (κ1) is 40.1. The van der Waals surface area contributed by atoms with Crippen molar-refractivity contribution < 1.29 is 39.8 Å². The van der Waals surface area contributed by atoms with Gasteiger partial charge in [-0.05, 0) is 77.2 Å². The molecule has 1 saturated heterocycles. The molecule has 8 nitrogen and oxygen atoms in total. The standard InChI is InChI=1S/C37H68O8/c1-3-4-5-6-7-11-14-17-20-31(38)32(39)22-23-33(40)34(41)24-25-35(42)36-26-21-30(45-36)19-16-13-10-8-9-12-15-18-29-27-28(2)44-37(29)43/h27-28,30-36,38-42H,3-26H2,1-2H3/t28-,30+,31-,32+,33-,34+,35-,36+/m0/s1. The molecule has 2 aliphatic heterocycles. The van der Waals surface area contributed by atoms with Crippen LogP contribution in [0.4, 0.5) is 0 Å². The van der Waals surface area contributed by atoms with E-state index >= 15 is 0 Å². The largest absolute Gasteiger partial charge is 0.455 e. The number of aliphatic hydroxyl groups excluding tert-OH is 5. The van der Waals surface area contributed by atoms with Crippen LogP contribution in [-0.4, -0.2) is 80.3 Å². The Bertz CT molecular complexity index is 788. The molecule has 0 unspecified atom stereocenters. The van der Waals surface area contributed by atoms with Gasteiger partial charge in [-0.25, -0.2) is 4.79 Å². The molecule has 0 saturated carbocycles. The van der Waals surface area contributed by atoms with Crippen LogP contribution in [0.5, 0.6) is 0 Å². The quantitative estimate of drug-likeness (QED) is 0.0465. The Balaban J connectivity index is 1.44. The van der Waals surface area contributed by atoms with E-state index in [-0.39, 0.29) is 43.5 Å². The molecular weight excluding hydrogens is 572 g/mol. The van der Waals surface area contributed by atoms with Gasteiger partial charge in [0.2, 0.25) is 0 Å². The molecule has 0 amide bonds. The van der Waals surface area contributed by atoms with Crippen molar-refractivity contribution in [3.8, 4) is 0 Å². The molecule has 45 heavy (non-hydrogen) atoms. The lowest BCUT2D eigenvalue weighted by molar-refractivity contribution is -0.139. The topological polar surface area (TPSA) is 137 Å². The zero-order chi connectivity index (χ0) is 32.9. The highest BCUT2D eigenvalue weighted by molar-refractivity contribution is 5.90. The third-order valence-corrected chi connectivity index (χ3v) is 9.79. The highest BCUT2D eigenvalue weighted by atomic mass is 16.5. The molecule has 2 aliphatic rings. The molecule has 0 bridgehead atoms. The van der Waals surface area contributed by atoms with E-state index in [1.165, 1.54) is 64.2 Å². The minimum absolute atomic E-state index is 0.0747. The number of esters is 1. The molecule has 8 atom stereocenters. The third-order valence-electron chi connectivity index (χ3n) is 9.79. The Labute approximate surface area is 274 Å². The van der Waals surface area contributed by atoms with E-state index < -0.39 is 30.5 Å². The molecule has 5 N–H and O–H groups in total. The minimum atomic E-state index is -0.994. The molecule has 2 heterocycles. The fourth-order valence-electron chi connectivity index (χ4n) is 6.74. The van der Waals surface area contributed by atoms with Crippen LogP contribution in [-0.2, 0) is 14.3 Å². The lowest BCUT2D eigenvalue weighted by Crippen LogP contribution is -2.33. The molecule has 0 radical (unpaired) electrons. The molecule has 0 aromatic carbocycles. The van der Waals surface area contributed by atoms with Crippen LogP contribution in [0, 0.1) is 0 Å². The Morgan fingerprint density at radius 2 is 1.18 bits per heavy atom. The van der Waals surface area contributed by atoms with Gasteiger partial charge >= 0.3 is 5.97 Å². The Hall–Kier alpha value is -1.03. The maximum absolute atomic E-state index is 11.6. The van der Waals surface area contributed by atoms with Gasteiger partial charge in [-0.2, -0.15) is 0 Å². The summed E-state index contributed by atoms with van der Waals surface area (Å²) in [6.07, 6.45) is 20.3. The van der Waals surface area contributed by atoms with E-state index in [0.717, 1.165) is 63.4 Å². The number of carbonyl (C=O) groups excluding carboxylic acids is 1. The number of rotatable bonds is 28. The van der Waals surface area contributed by atoms with Crippen LogP contribution < -0.4 is 0 Å². The van der Waals surface area contributed by atoms with Crippen molar-refractivity contribution in [2.75, 3.05) is 0 Å². The summed E-state index contributed by atoms with van der Waals surface area (Å²) in [5.74, 6) is -0.147. The summed E-state index contributed by atoms with van der Waals surface area (Å²) in [5, 5.41) is 52.0. The zero-order valence-electron chi connectivity index (χ0n) is 28.6. The van der Waals surface area contributed by atoms with Gasteiger partial charge < -0.3 is 35.0 Å². The Kier molecular flexibility index (Phi) is 21.6. The van der Waals surface area contributed by atoms with Gasteiger partial charge in [0, 0.05) is 5.57 Å². The number of aliphatic hydroxyl groups is 5. The van der Waals surface area contributed by atoms with Crippen LogP contribution in [0.25, 0.3) is 0 Å². The van der Waals surface area contributed by atoms with Gasteiger partial charge in [0.15, 0.2) is 0 Å². The first-order valence-corrected chi connectivity index (χ1v) is 18.7. The van der Waals surface area contributed by atoms with Gasteiger partial charge in [0.05, 0.1) is 42.7 Å². The average molecular weight is 641 g/mol. The summed E-state index contributed by atoms with van der Waals surface area (Å²) < 4.78 is 11.3. The SMILES string of the molecule is CCCCCCCCCC[C@H](O)[C@H](O)CC[C@H](O)[C@H](O)CC[C@H](O)[C@H]1CC[C@@H](CCCCCCCCCC2=C[C@H](C)OC2=O)O1. The predicted molar refractivity (Wildman–Crippen MR) is 179 cm³/mol. The molecule has 0 aliphatic carbocycles. The van der Waals surface area contributed by atoms with E-state index in [0.29, 0.717) is 12.8 Å². The molecule has 0 aromatic rings. The summed E-state index contributed by atoms with van der Waals surface area (Å²) in [5.41, 5.74) is 0.837. The number of hydrogen-bond acceptors (Lipinski definition) is 8. The van der Waals surface area contributed by atoms with Gasteiger partial charge in [-0.1, -0.05) is 96.8 Å². The van der Waals surface area contributed by atoms with Crippen LogP contribution in [0.2, 0.25) is 0 Å². The van der Waals surface area contributed by atoms with Crippen molar-refractivity contribution in [1.29, 1.82) is 0 Å². The number of ether oxygens (including phenoxy) is 2. The highest BCUT2D eigenvalue weighted by Gasteiger charge is 2.31. The lowest BCUT2D eigenvalue weighted by atomic mass is 9.96. The van der Waals surface area contributed by atoms with Crippen LogP contribution in [0.1, 0.15) is 168 Å². The smallest absolute Gasteiger partial charge is 0.334 e. The van der Waals surface area contributed by atoms with Crippen molar-refractivity contribution in [3.63, 3.8) is 0 Å². The number of cyclic esters (lactones) is 1. The molecular formula is C37H68O8. The van der Waals surface area contributed by atoms with Crippen molar-refractivity contribution in [2.24, 2.45) is 0 Å². The van der Waals surface area contributed by atoms with Crippen LogP contribution in [0.15, 0.2) is 11.6 Å². The lowest BCUT2D eigenvalue weighted by Gasteiger charge is -2.24.